The van der Waals surface area contributed by atoms with E-state index in [1.54, 1.807) is 4.90 Å². The Hall–Kier alpha value is -1.08. The molecule has 0 fully saturated rings. The number of hydrogen-bond acceptors (Lipinski definition) is 3. The first-order valence-electron chi connectivity index (χ1n) is 5.45. The van der Waals surface area contributed by atoms with E-state index in [-0.39, 0.29) is 11.9 Å². The summed E-state index contributed by atoms with van der Waals surface area (Å²) in [5, 5.41) is 8.63. The summed E-state index contributed by atoms with van der Waals surface area (Å²) in [6.45, 7) is 10.0. The minimum absolute atomic E-state index is 0.101. The quantitative estimate of drug-likeness (QED) is 0.618. The minimum Gasteiger partial charge on any atom is -0.342 e. The van der Waals surface area contributed by atoms with Gasteiger partial charge in [-0.15, -0.1) is 0 Å². The molecule has 0 heterocycles. The highest BCUT2D eigenvalue weighted by Gasteiger charge is 2.16. The van der Waals surface area contributed by atoms with Crippen LogP contribution in [0.4, 0.5) is 0 Å². The van der Waals surface area contributed by atoms with Gasteiger partial charge in [0.15, 0.2) is 0 Å². The van der Waals surface area contributed by atoms with Crippen LogP contribution in [0.3, 0.4) is 0 Å². The maximum Gasteiger partial charge on any atom is 0.236 e. The fraction of sp³-hybridized carbons (Fsp3) is 0.818. The molecule has 0 atom stereocenters. The van der Waals surface area contributed by atoms with E-state index in [0.29, 0.717) is 13.1 Å². The second-order valence-electron chi connectivity index (χ2n) is 3.72. The van der Waals surface area contributed by atoms with Gasteiger partial charge in [-0.05, 0) is 27.7 Å². The lowest BCUT2D eigenvalue weighted by atomic mass is 10.3. The second kappa shape index (κ2) is 7.24. The predicted octanol–water partition coefficient (Wildman–Crippen LogP) is 1.09. The van der Waals surface area contributed by atoms with Crippen LogP contribution in [0.1, 0.15) is 27.7 Å². The molecule has 0 radical (unpaired) electrons. The summed E-state index contributed by atoms with van der Waals surface area (Å²) in [5.41, 5.74) is 0. The standard InChI is InChI=1S/C11H21N3O/c1-5-13(6-2)11(15)9-14(8-7-12)10(3)4/h10H,5-6,8-9H2,1-4H3. The summed E-state index contributed by atoms with van der Waals surface area (Å²) >= 11 is 0. The van der Waals surface area contributed by atoms with Gasteiger partial charge in [0.25, 0.3) is 0 Å². The maximum absolute atomic E-state index is 11.8. The van der Waals surface area contributed by atoms with Gasteiger partial charge in [-0.3, -0.25) is 9.69 Å². The van der Waals surface area contributed by atoms with Crippen molar-refractivity contribution < 1.29 is 4.79 Å². The van der Waals surface area contributed by atoms with Crippen molar-refractivity contribution in [1.82, 2.24) is 9.80 Å². The van der Waals surface area contributed by atoms with Crippen LogP contribution in [0.15, 0.2) is 0 Å². The largest absolute Gasteiger partial charge is 0.342 e. The van der Waals surface area contributed by atoms with E-state index in [2.05, 4.69) is 6.07 Å². The molecule has 0 aliphatic rings. The average molecular weight is 211 g/mol. The Bertz CT molecular complexity index is 228. The van der Waals surface area contributed by atoms with Gasteiger partial charge in [-0.1, -0.05) is 0 Å². The van der Waals surface area contributed by atoms with E-state index in [1.165, 1.54) is 0 Å². The first-order valence-corrected chi connectivity index (χ1v) is 5.45. The molecule has 15 heavy (non-hydrogen) atoms. The van der Waals surface area contributed by atoms with Crippen LogP contribution in [0.2, 0.25) is 0 Å². The van der Waals surface area contributed by atoms with Crippen molar-refractivity contribution in [2.24, 2.45) is 0 Å². The van der Waals surface area contributed by atoms with Gasteiger partial charge < -0.3 is 4.90 Å². The van der Waals surface area contributed by atoms with Gasteiger partial charge in [0.2, 0.25) is 5.91 Å². The summed E-state index contributed by atoms with van der Waals surface area (Å²) < 4.78 is 0. The monoisotopic (exact) mass is 211 g/mol. The molecule has 0 unspecified atom stereocenters. The molecular formula is C11H21N3O. The van der Waals surface area contributed by atoms with Crippen molar-refractivity contribution >= 4 is 5.91 Å². The lowest BCUT2D eigenvalue weighted by Crippen LogP contribution is -2.43. The van der Waals surface area contributed by atoms with Crippen LogP contribution >= 0.6 is 0 Å². The Morgan fingerprint density at radius 1 is 1.33 bits per heavy atom. The molecule has 0 aromatic rings. The summed E-state index contributed by atoms with van der Waals surface area (Å²) in [6, 6.07) is 2.31. The maximum atomic E-state index is 11.8. The molecule has 1 amide bonds. The lowest BCUT2D eigenvalue weighted by molar-refractivity contribution is -0.132. The number of hydrogen-bond donors (Lipinski definition) is 0. The Morgan fingerprint density at radius 2 is 1.87 bits per heavy atom. The zero-order valence-electron chi connectivity index (χ0n) is 10.2. The van der Waals surface area contributed by atoms with Gasteiger partial charge in [0, 0.05) is 19.1 Å². The van der Waals surface area contributed by atoms with Gasteiger partial charge in [0.1, 0.15) is 0 Å². The average Bonchev–Trinajstić information content (AvgIpc) is 2.18. The summed E-state index contributed by atoms with van der Waals surface area (Å²) in [5.74, 6) is 0.101. The molecule has 0 aromatic heterocycles. The van der Waals surface area contributed by atoms with Crippen LogP contribution in [0.25, 0.3) is 0 Å². The highest BCUT2D eigenvalue weighted by Crippen LogP contribution is 1.99. The zero-order valence-corrected chi connectivity index (χ0v) is 10.2. The fourth-order valence-electron chi connectivity index (χ4n) is 1.36. The van der Waals surface area contributed by atoms with Gasteiger partial charge in [0.05, 0.1) is 19.2 Å². The number of rotatable bonds is 6. The SMILES string of the molecule is CCN(CC)C(=O)CN(CC#N)C(C)C. The molecule has 0 saturated heterocycles. The van der Waals surface area contributed by atoms with Crippen LogP contribution < -0.4 is 0 Å². The van der Waals surface area contributed by atoms with E-state index in [4.69, 9.17) is 5.26 Å². The number of carbonyl (C=O) groups excluding carboxylic acids is 1. The molecule has 4 heteroatoms. The van der Waals surface area contributed by atoms with Crippen LogP contribution in [-0.4, -0.2) is 47.9 Å². The Kier molecular flexibility index (Phi) is 6.72. The second-order valence-corrected chi connectivity index (χ2v) is 3.72. The highest BCUT2D eigenvalue weighted by atomic mass is 16.2. The third-order valence-electron chi connectivity index (χ3n) is 2.46. The van der Waals surface area contributed by atoms with E-state index in [9.17, 15) is 4.79 Å². The minimum atomic E-state index is 0.101. The van der Waals surface area contributed by atoms with Gasteiger partial charge >= 0.3 is 0 Å². The topological polar surface area (TPSA) is 47.3 Å². The lowest BCUT2D eigenvalue weighted by Gasteiger charge is -2.26. The first kappa shape index (κ1) is 13.9. The van der Waals surface area contributed by atoms with Crippen LogP contribution in [0, 0.1) is 11.3 Å². The first-order chi connectivity index (χ1) is 7.06. The molecule has 86 valence electrons. The molecule has 0 aromatic carbocycles. The third-order valence-corrected chi connectivity index (χ3v) is 2.46. The summed E-state index contributed by atoms with van der Waals surface area (Å²) in [4.78, 5) is 15.4. The molecule has 0 aliphatic carbocycles. The zero-order chi connectivity index (χ0) is 11.8. The Labute approximate surface area is 92.5 Å². The normalized spacial score (nSPS) is 10.5. The van der Waals surface area contributed by atoms with E-state index >= 15 is 0 Å². The summed E-state index contributed by atoms with van der Waals surface area (Å²) in [7, 11) is 0. The molecular weight excluding hydrogens is 190 g/mol. The smallest absolute Gasteiger partial charge is 0.236 e. The number of carbonyl (C=O) groups is 1. The van der Waals surface area contributed by atoms with Gasteiger partial charge in [-0.2, -0.15) is 5.26 Å². The number of nitriles is 1. The number of likely N-dealkylation sites (N-methyl/N-ethyl adjacent to an activating group) is 1. The van der Waals surface area contributed by atoms with E-state index in [0.717, 1.165) is 13.1 Å². The van der Waals surface area contributed by atoms with E-state index < -0.39 is 0 Å². The van der Waals surface area contributed by atoms with Crippen molar-refractivity contribution in [2.45, 2.75) is 33.7 Å². The van der Waals surface area contributed by atoms with Crippen molar-refractivity contribution in [1.29, 1.82) is 5.26 Å². The molecule has 0 rings (SSSR count). The van der Waals surface area contributed by atoms with Crippen LogP contribution in [0.5, 0.6) is 0 Å². The van der Waals surface area contributed by atoms with Crippen molar-refractivity contribution in [2.75, 3.05) is 26.2 Å². The number of amides is 1. The predicted molar refractivity (Wildman–Crippen MR) is 60.3 cm³/mol. The molecule has 4 nitrogen and oxygen atoms in total. The third kappa shape index (κ3) is 4.80. The molecule has 0 N–H and O–H groups in total. The van der Waals surface area contributed by atoms with Crippen molar-refractivity contribution in [3.05, 3.63) is 0 Å². The molecule has 0 aliphatic heterocycles. The molecule has 0 saturated carbocycles. The molecule has 0 bridgehead atoms. The van der Waals surface area contributed by atoms with Crippen molar-refractivity contribution in [3.8, 4) is 6.07 Å². The molecule has 0 spiro atoms. The number of nitrogens with zero attached hydrogens (tertiary/aromatic N) is 3. The van der Waals surface area contributed by atoms with Crippen molar-refractivity contribution in [3.63, 3.8) is 0 Å². The fourth-order valence-corrected chi connectivity index (χ4v) is 1.36. The Morgan fingerprint density at radius 3 is 2.20 bits per heavy atom. The summed E-state index contributed by atoms with van der Waals surface area (Å²) in [6.07, 6.45) is 0. The van der Waals surface area contributed by atoms with E-state index in [1.807, 2.05) is 32.6 Å². The highest BCUT2D eigenvalue weighted by molar-refractivity contribution is 5.78. The Balaban J connectivity index is 4.28. The van der Waals surface area contributed by atoms with Gasteiger partial charge in [-0.25, -0.2) is 0 Å². The van der Waals surface area contributed by atoms with Crippen LogP contribution in [-0.2, 0) is 4.79 Å².